The number of phosphoric acid groups is 1. The molecule has 12 heteroatoms. The first-order valence-corrected chi connectivity index (χ1v) is 7.65. The fourth-order valence-electron chi connectivity index (χ4n) is 2.22. The van der Waals surface area contributed by atoms with Crippen LogP contribution >= 0.6 is 7.82 Å². The first-order chi connectivity index (χ1) is 10.2. The molecule has 0 amide bonds. The maximum Gasteiger partial charge on any atom is 0.470 e. The van der Waals surface area contributed by atoms with Gasteiger partial charge in [-0.1, -0.05) is 0 Å². The van der Waals surface area contributed by atoms with E-state index in [4.69, 9.17) is 14.5 Å². The molecule has 2 rings (SSSR count). The Morgan fingerprint density at radius 1 is 1.45 bits per heavy atom. The van der Waals surface area contributed by atoms with Crippen molar-refractivity contribution in [2.24, 2.45) is 7.05 Å². The SMILES string of the molecule is Cn1c(=O)[nH]cc([C@@H]2O[C@H](CO)[C@@H](OP(=O)(O)O)[C@H]2O)c1=O. The maximum absolute atomic E-state index is 12.0. The second-order valence-corrected chi connectivity index (χ2v) is 5.93. The van der Waals surface area contributed by atoms with Crippen molar-refractivity contribution in [1.29, 1.82) is 0 Å². The third-order valence-electron chi connectivity index (χ3n) is 3.29. The fourth-order valence-corrected chi connectivity index (χ4v) is 2.80. The van der Waals surface area contributed by atoms with Gasteiger partial charge in [0.25, 0.3) is 5.56 Å². The molecule has 4 atom stereocenters. The quantitative estimate of drug-likeness (QED) is 0.367. The molecule has 1 aromatic rings. The van der Waals surface area contributed by atoms with Crippen LogP contribution < -0.4 is 11.2 Å². The summed E-state index contributed by atoms with van der Waals surface area (Å²) in [6.45, 7) is -0.693. The smallest absolute Gasteiger partial charge is 0.394 e. The normalized spacial score (nSPS) is 29.0. The molecule has 1 saturated heterocycles. The van der Waals surface area contributed by atoms with E-state index in [2.05, 4.69) is 9.51 Å². The van der Waals surface area contributed by atoms with Gasteiger partial charge in [0.05, 0.1) is 12.2 Å². The van der Waals surface area contributed by atoms with Crippen molar-refractivity contribution in [1.82, 2.24) is 9.55 Å². The van der Waals surface area contributed by atoms with E-state index < -0.39 is 50.1 Å². The molecule has 0 aliphatic carbocycles. The second-order valence-electron chi connectivity index (χ2n) is 4.74. The molecule has 1 aliphatic rings. The van der Waals surface area contributed by atoms with Crippen LogP contribution in [0.15, 0.2) is 15.8 Å². The zero-order valence-electron chi connectivity index (χ0n) is 11.3. The summed E-state index contributed by atoms with van der Waals surface area (Å²) in [7, 11) is -3.73. The van der Waals surface area contributed by atoms with Crippen LogP contribution in [0.4, 0.5) is 0 Å². The van der Waals surface area contributed by atoms with Gasteiger partial charge in [-0.25, -0.2) is 9.36 Å². The molecular weight excluding hydrogens is 323 g/mol. The number of hydrogen-bond acceptors (Lipinski definition) is 7. The van der Waals surface area contributed by atoms with Gasteiger partial charge in [0, 0.05) is 13.2 Å². The fraction of sp³-hybridized carbons (Fsp3) is 0.600. The van der Waals surface area contributed by atoms with E-state index in [-0.39, 0.29) is 5.56 Å². The molecule has 124 valence electrons. The maximum atomic E-state index is 12.0. The van der Waals surface area contributed by atoms with E-state index in [0.717, 1.165) is 10.8 Å². The Morgan fingerprint density at radius 2 is 2.09 bits per heavy atom. The van der Waals surface area contributed by atoms with Gasteiger partial charge in [-0.3, -0.25) is 13.9 Å². The summed E-state index contributed by atoms with van der Waals surface area (Å²) in [6.07, 6.45) is -4.68. The van der Waals surface area contributed by atoms with E-state index >= 15 is 0 Å². The van der Waals surface area contributed by atoms with E-state index in [1.165, 1.54) is 7.05 Å². The van der Waals surface area contributed by atoms with Crippen molar-refractivity contribution in [3.63, 3.8) is 0 Å². The van der Waals surface area contributed by atoms with Crippen molar-refractivity contribution in [2.75, 3.05) is 6.61 Å². The Balaban J connectivity index is 2.38. The standard InChI is InChI=1S/C10H15N2O9P/c1-12-9(15)4(2-11-10(12)16)7-6(14)8(5(3-13)20-7)21-22(17,18)19/h2,5-8,13-14H,3H2,1H3,(H,11,16)(H2,17,18,19)/t5-,6+,7+,8-/m1/s1. The van der Waals surface area contributed by atoms with Crippen molar-refractivity contribution in [3.8, 4) is 0 Å². The summed E-state index contributed by atoms with van der Waals surface area (Å²) in [4.78, 5) is 43.2. The van der Waals surface area contributed by atoms with Gasteiger partial charge in [-0.2, -0.15) is 0 Å². The number of ether oxygens (including phenoxy) is 1. The van der Waals surface area contributed by atoms with Gasteiger partial charge in [0.15, 0.2) is 0 Å². The van der Waals surface area contributed by atoms with Gasteiger partial charge >= 0.3 is 13.5 Å². The van der Waals surface area contributed by atoms with E-state index in [9.17, 15) is 24.4 Å². The second kappa shape index (κ2) is 6.05. The lowest BCUT2D eigenvalue weighted by Crippen LogP contribution is -2.38. The number of nitrogens with one attached hydrogen (secondary N) is 1. The van der Waals surface area contributed by atoms with Gasteiger partial charge in [-0.15, -0.1) is 0 Å². The highest BCUT2D eigenvalue weighted by Crippen LogP contribution is 2.44. The highest BCUT2D eigenvalue weighted by atomic mass is 31.2. The highest BCUT2D eigenvalue weighted by molar-refractivity contribution is 7.46. The third kappa shape index (κ3) is 3.20. The van der Waals surface area contributed by atoms with Gasteiger partial charge in [0.2, 0.25) is 0 Å². The largest absolute Gasteiger partial charge is 0.470 e. The van der Waals surface area contributed by atoms with Crippen molar-refractivity contribution < 1.29 is 33.8 Å². The van der Waals surface area contributed by atoms with E-state index in [1.54, 1.807) is 0 Å². The van der Waals surface area contributed by atoms with Crippen molar-refractivity contribution in [2.45, 2.75) is 24.4 Å². The number of aromatic amines is 1. The summed E-state index contributed by atoms with van der Waals surface area (Å²) in [5, 5.41) is 19.3. The number of H-pyrrole nitrogens is 1. The molecule has 0 aromatic carbocycles. The molecule has 1 aromatic heterocycles. The van der Waals surface area contributed by atoms with Crippen LogP contribution in [0.1, 0.15) is 11.7 Å². The van der Waals surface area contributed by atoms with Crippen LogP contribution in [0.2, 0.25) is 0 Å². The zero-order valence-corrected chi connectivity index (χ0v) is 12.2. The van der Waals surface area contributed by atoms with Crippen LogP contribution in [-0.2, 0) is 20.9 Å². The Kier molecular flexibility index (Phi) is 4.68. The number of nitrogens with zero attached hydrogens (tertiary/aromatic N) is 1. The molecule has 11 nitrogen and oxygen atoms in total. The molecule has 0 saturated carbocycles. The molecule has 22 heavy (non-hydrogen) atoms. The first-order valence-electron chi connectivity index (χ1n) is 6.12. The summed E-state index contributed by atoms with van der Waals surface area (Å²) in [6, 6.07) is 0. The number of hydrogen-bond donors (Lipinski definition) is 5. The Bertz CT molecular complexity index is 707. The zero-order chi connectivity index (χ0) is 16.7. The number of rotatable bonds is 4. The Morgan fingerprint density at radius 3 is 2.64 bits per heavy atom. The highest BCUT2D eigenvalue weighted by Gasteiger charge is 2.48. The molecule has 0 radical (unpaired) electrons. The van der Waals surface area contributed by atoms with Crippen LogP contribution in [0.3, 0.4) is 0 Å². The summed E-state index contributed by atoms with van der Waals surface area (Å²) < 4.78 is 21.3. The molecule has 0 bridgehead atoms. The van der Waals surface area contributed by atoms with Crippen LogP contribution in [0.25, 0.3) is 0 Å². The van der Waals surface area contributed by atoms with Crippen LogP contribution in [-0.4, -0.2) is 54.5 Å². The van der Waals surface area contributed by atoms with Crippen LogP contribution in [0.5, 0.6) is 0 Å². The number of aliphatic hydroxyl groups excluding tert-OH is 2. The molecule has 0 unspecified atom stereocenters. The van der Waals surface area contributed by atoms with Gasteiger partial charge in [-0.05, 0) is 0 Å². The predicted molar refractivity (Wildman–Crippen MR) is 69.9 cm³/mol. The van der Waals surface area contributed by atoms with Crippen molar-refractivity contribution >= 4 is 7.82 Å². The molecular formula is C10H15N2O9P. The van der Waals surface area contributed by atoms with E-state index in [1.807, 2.05) is 0 Å². The predicted octanol–water partition coefficient (Wildman–Crippen LogP) is -2.66. The molecule has 5 N–H and O–H groups in total. The number of phosphoric ester groups is 1. The molecule has 1 fully saturated rings. The topological polar surface area (TPSA) is 171 Å². The number of aliphatic hydroxyl groups is 2. The minimum Gasteiger partial charge on any atom is -0.394 e. The first kappa shape index (κ1) is 17.0. The lowest BCUT2D eigenvalue weighted by atomic mass is 10.0. The molecule has 2 heterocycles. The average Bonchev–Trinajstić information content (AvgIpc) is 2.72. The average molecular weight is 338 g/mol. The molecule has 1 aliphatic heterocycles. The Hall–Kier alpha value is -1.33. The Labute approximate surface area is 123 Å². The monoisotopic (exact) mass is 338 g/mol. The van der Waals surface area contributed by atoms with Crippen molar-refractivity contribution in [3.05, 3.63) is 32.6 Å². The van der Waals surface area contributed by atoms with E-state index in [0.29, 0.717) is 0 Å². The summed E-state index contributed by atoms with van der Waals surface area (Å²) in [5.41, 5.74) is -1.56. The van der Waals surface area contributed by atoms with Gasteiger partial charge in [0.1, 0.15) is 24.4 Å². The summed E-state index contributed by atoms with van der Waals surface area (Å²) in [5.74, 6) is 0. The number of aromatic nitrogens is 2. The lowest BCUT2D eigenvalue weighted by molar-refractivity contribution is -0.0230. The minimum atomic E-state index is -4.94. The lowest BCUT2D eigenvalue weighted by Gasteiger charge is -2.19. The van der Waals surface area contributed by atoms with Crippen LogP contribution in [0, 0.1) is 0 Å². The molecule has 0 spiro atoms. The summed E-state index contributed by atoms with van der Waals surface area (Å²) >= 11 is 0. The van der Waals surface area contributed by atoms with Gasteiger partial charge < -0.3 is 29.7 Å². The third-order valence-corrected chi connectivity index (χ3v) is 3.81. The minimum absolute atomic E-state index is 0.134.